The van der Waals surface area contributed by atoms with Gasteiger partial charge in [0.1, 0.15) is 8.80 Å². The van der Waals surface area contributed by atoms with Gasteiger partial charge in [-0.1, -0.05) is 137 Å². The summed E-state index contributed by atoms with van der Waals surface area (Å²) in [6.07, 6.45) is 0. The van der Waals surface area contributed by atoms with Gasteiger partial charge in [0.15, 0.2) is 0 Å². The molecule has 0 aliphatic heterocycles. The molecule has 4 rings (SSSR count). The van der Waals surface area contributed by atoms with E-state index in [0.717, 1.165) is 22.5 Å². The zero-order valence-electron chi connectivity index (χ0n) is 17.2. The maximum atomic E-state index is 4.80. The van der Waals surface area contributed by atoms with Gasteiger partial charge in [0, 0.05) is 5.71 Å². The second-order valence-electron chi connectivity index (χ2n) is 7.39. The van der Waals surface area contributed by atoms with E-state index >= 15 is 0 Å². The number of benzene rings is 4. The van der Waals surface area contributed by atoms with Crippen molar-refractivity contribution < 1.29 is 0 Å². The lowest BCUT2D eigenvalue weighted by atomic mass is 10.1. The molecule has 0 spiro atoms. The van der Waals surface area contributed by atoms with Crippen LogP contribution in [0.2, 0.25) is 0 Å². The van der Waals surface area contributed by atoms with Gasteiger partial charge in [0.2, 0.25) is 0 Å². The second-order valence-corrected chi connectivity index (χ2v) is 10.3. The summed E-state index contributed by atoms with van der Waals surface area (Å²) in [6.45, 7) is 6.23. The van der Waals surface area contributed by atoms with Crippen LogP contribution < -0.4 is 15.6 Å². The van der Waals surface area contributed by atoms with Crippen molar-refractivity contribution in [3.63, 3.8) is 0 Å². The summed E-state index contributed by atoms with van der Waals surface area (Å²) in [5, 5.41) is 4.23. The molecule has 0 saturated heterocycles. The number of hydrogen-bond donors (Lipinski definition) is 0. The molecule has 0 heterocycles. The standard InChI is InChI=1S/C28H25NSi/c1-22(24-13-6-3-7-14-24)29-23(2)25-15-12-20-28(21-25)30(26-16-8-4-9-17-26)27-18-10-5-11-19-27/h3-21,30H,1H2,2H3/b29-23+. The molecular formula is C28H25NSi. The van der Waals surface area contributed by atoms with Gasteiger partial charge in [0.05, 0.1) is 5.70 Å². The molecule has 0 atom stereocenters. The average Bonchev–Trinajstić information content (AvgIpc) is 2.81. The third-order valence-electron chi connectivity index (χ3n) is 5.31. The topological polar surface area (TPSA) is 12.4 Å². The van der Waals surface area contributed by atoms with Crippen molar-refractivity contribution in [3.8, 4) is 0 Å². The molecule has 0 aliphatic carbocycles. The molecule has 4 aromatic rings. The predicted octanol–water partition coefficient (Wildman–Crippen LogP) is 4.42. The highest BCUT2D eigenvalue weighted by Crippen LogP contribution is 2.15. The molecule has 4 aromatic carbocycles. The van der Waals surface area contributed by atoms with Crippen molar-refractivity contribution >= 4 is 35.8 Å². The molecule has 0 saturated carbocycles. The highest BCUT2D eigenvalue weighted by Gasteiger charge is 2.19. The van der Waals surface area contributed by atoms with E-state index in [1.54, 1.807) is 0 Å². The quantitative estimate of drug-likeness (QED) is 0.257. The molecule has 146 valence electrons. The van der Waals surface area contributed by atoms with Crippen LogP contribution in [0, 0.1) is 0 Å². The first-order valence-corrected chi connectivity index (χ1v) is 12.0. The summed E-state index contributed by atoms with van der Waals surface area (Å²) in [7, 11) is -1.55. The van der Waals surface area contributed by atoms with E-state index in [4.69, 9.17) is 4.99 Å². The Morgan fingerprint density at radius 3 is 1.63 bits per heavy atom. The SMILES string of the molecule is C=C(/N=C(\C)c1cccc([SiH](c2ccccc2)c2ccccc2)c1)c1ccccc1. The minimum atomic E-state index is -1.55. The van der Waals surface area contributed by atoms with Crippen molar-refractivity contribution in [3.05, 3.63) is 133 Å². The van der Waals surface area contributed by atoms with Crippen LogP contribution in [0.25, 0.3) is 5.70 Å². The van der Waals surface area contributed by atoms with E-state index in [2.05, 4.69) is 98.4 Å². The highest BCUT2D eigenvalue weighted by molar-refractivity contribution is 6.95. The van der Waals surface area contributed by atoms with E-state index in [1.807, 2.05) is 30.3 Å². The molecule has 0 aromatic heterocycles. The van der Waals surface area contributed by atoms with Crippen molar-refractivity contribution in [2.24, 2.45) is 4.99 Å². The van der Waals surface area contributed by atoms with Gasteiger partial charge < -0.3 is 0 Å². The van der Waals surface area contributed by atoms with Gasteiger partial charge in [-0.3, -0.25) is 4.99 Å². The minimum Gasteiger partial charge on any atom is -0.253 e. The van der Waals surface area contributed by atoms with Crippen LogP contribution in [-0.4, -0.2) is 14.5 Å². The Balaban J connectivity index is 1.72. The molecule has 0 radical (unpaired) electrons. The van der Waals surface area contributed by atoms with Crippen molar-refractivity contribution in [1.29, 1.82) is 0 Å². The molecule has 0 unspecified atom stereocenters. The van der Waals surface area contributed by atoms with Crippen LogP contribution in [0.1, 0.15) is 18.1 Å². The first-order chi connectivity index (χ1) is 14.7. The summed E-state index contributed by atoms with van der Waals surface area (Å²) < 4.78 is 0. The van der Waals surface area contributed by atoms with Crippen LogP contribution in [0.15, 0.2) is 127 Å². The minimum absolute atomic E-state index is 0.790. The maximum absolute atomic E-state index is 4.80. The molecule has 0 fully saturated rings. The van der Waals surface area contributed by atoms with E-state index in [0.29, 0.717) is 0 Å². The Bertz CT molecular complexity index is 1110. The Morgan fingerprint density at radius 2 is 1.07 bits per heavy atom. The third kappa shape index (κ3) is 4.56. The lowest BCUT2D eigenvalue weighted by Crippen LogP contribution is -2.52. The molecule has 0 N–H and O–H groups in total. The highest BCUT2D eigenvalue weighted by atomic mass is 28.3. The van der Waals surface area contributed by atoms with E-state index in [9.17, 15) is 0 Å². The first-order valence-electron chi connectivity index (χ1n) is 10.2. The molecular weight excluding hydrogens is 378 g/mol. The van der Waals surface area contributed by atoms with Crippen LogP contribution in [0.5, 0.6) is 0 Å². The van der Waals surface area contributed by atoms with E-state index in [1.165, 1.54) is 15.6 Å². The normalized spacial score (nSPS) is 11.5. The average molecular weight is 404 g/mol. The second kappa shape index (κ2) is 9.34. The molecule has 2 heteroatoms. The number of hydrogen-bond acceptors (Lipinski definition) is 1. The fraction of sp³-hybridized carbons (Fsp3) is 0.0357. The molecule has 0 bridgehead atoms. The van der Waals surface area contributed by atoms with Crippen LogP contribution >= 0.6 is 0 Å². The first kappa shape index (κ1) is 19.8. The van der Waals surface area contributed by atoms with E-state index in [-0.39, 0.29) is 0 Å². The maximum Gasteiger partial charge on any atom is 0.132 e. The van der Waals surface area contributed by atoms with E-state index < -0.39 is 8.80 Å². The lowest BCUT2D eigenvalue weighted by Gasteiger charge is -2.18. The smallest absolute Gasteiger partial charge is 0.132 e. The van der Waals surface area contributed by atoms with Gasteiger partial charge in [0.25, 0.3) is 0 Å². The largest absolute Gasteiger partial charge is 0.253 e. The monoisotopic (exact) mass is 403 g/mol. The summed E-state index contributed by atoms with van der Waals surface area (Å²) in [5.41, 5.74) is 3.97. The third-order valence-corrected chi connectivity index (χ3v) is 8.44. The van der Waals surface area contributed by atoms with Crippen LogP contribution in [0.4, 0.5) is 0 Å². The molecule has 30 heavy (non-hydrogen) atoms. The van der Waals surface area contributed by atoms with Gasteiger partial charge in [-0.15, -0.1) is 0 Å². The Labute approximate surface area is 180 Å². The zero-order chi connectivity index (χ0) is 20.8. The lowest BCUT2D eigenvalue weighted by molar-refractivity contribution is 1.48. The molecule has 0 aliphatic rings. The van der Waals surface area contributed by atoms with Crippen molar-refractivity contribution in [2.75, 3.05) is 0 Å². The van der Waals surface area contributed by atoms with Crippen molar-refractivity contribution in [1.82, 2.24) is 0 Å². The zero-order valence-corrected chi connectivity index (χ0v) is 18.4. The number of rotatable bonds is 6. The van der Waals surface area contributed by atoms with Crippen LogP contribution in [-0.2, 0) is 0 Å². The van der Waals surface area contributed by atoms with Gasteiger partial charge in [-0.25, -0.2) is 0 Å². The van der Waals surface area contributed by atoms with Gasteiger partial charge in [-0.2, -0.15) is 0 Å². The fourth-order valence-corrected chi connectivity index (χ4v) is 6.79. The predicted molar refractivity (Wildman–Crippen MR) is 133 cm³/mol. The van der Waals surface area contributed by atoms with Crippen molar-refractivity contribution in [2.45, 2.75) is 6.92 Å². The summed E-state index contributed by atoms with van der Waals surface area (Å²) in [4.78, 5) is 4.80. The Kier molecular flexibility index (Phi) is 6.16. The fourth-order valence-electron chi connectivity index (χ4n) is 3.77. The summed E-state index contributed by atoms with van der Waals surface area (Å²) >= 11 is 0. The molecule has 1 nitrogen and oxygen atoms in total. The van der Waals surface area contributed by atoms with Crippen LogP contribution in [0.3, 0.4) is 0 Å². The number of nitrogens with zero attached hydrogens (tertiary/aromatic N) is 1. The Morgan fingerprint density at radius 1 is 0.600 bits per heavy atom. The molecule has 0 amide bonds. The Hall–Kier alpha value is -3.49. The van der Waals surface area contributed by atoms with Gasteiger partial charge in [-0.05, 0) is 18.1 Å². The number of aliphatic imine (C=N–C) groups is 1. The van der Waals surface area contributed by atoms with Gasteiger partial charge >= 0.3 is 0 Å². The summed E-state index contributed by atoms with van der Waals surface area (Å²) in [5.74, 6) is 0. The summed E-state index contributed by atoms with van der Waals surface area (Å²) in [6, 6.07) is 40.8.